The first-order valence-electron chi connectivity index (χ1n) is 12.7. The first-order chi connectivity index (χ1) is 18.7. The maximum absolute atomic E-state index is 16.0. The summed E-state index contributed by atoms with van der Waals surface area (Å²) in [6.45, 7) is 6.46. The summed E-state index contributed by atoms with van der Waals surface area (Å²) in [5.74, 6) is 2.23. The van der Waals surface area contributed by atoms with Crippen LogP contribution in [0.15, 0.2) is 115 Å². The standard InChI is InChI=1S/C32H35FO4Si/c1-4-22-36-31(5-2)32(37-26-35-24-23-34-3)30(33)21-25-38(27-15-9-6-10-16-27,28-17-11-7-12-18-28)29-19-13-8-14-20-29/h4,6-20,31H,1,5,22-24,26H2,2-3H3/b32-30+. The lowest BCUT2D eigenvalue weighted by atomic mass is 10.2. The van der Waals surface area contributed by atoms with Gasteiger partial charge in [-0.1, -0.05) is 104 Å². The highest BCUT2D eigenvalue weighted by molar-refractivity contribution is 7.16. The monoisotopic (exact) mass is 530 g/mol. The van der Waals surface area contributed by atoms with E-state index in [1.807, 2.05) is 61.5 Å². The number of halogens is 1. The Morgan fingerprint density at radius 2 is 1.42 bits per heavy atom. The molecule has 0 bridgehead atoms. The minimum atomic E-state index is -2.95. The zero-order valence-electron chi connectivity index (χ0n) is 22.1. The molecule has 1 unspecified atom stereocenters. The molecule has 3 aromatic carbocycles. The fraction of sp³-hybridized carbons (Fsp3) is 0.250. The Labute approximate surface area is 226 Å². The Hall–Kier alpha value is -3.47. The number of methoxy groups -OCH3 is 1. The van der Waals surface area contributed by atoms with Crippen LogP contribution in [0.3, 0.4) is 0 Å². The van der Waals surface area contributed by atoms with E-state index in [2.05, 4.69) is 54.4 Å². The molecule has 198 valence electrons. The van der Waals surface area contributed by atoms with Crippen molar-refractivity contribution >= 4 is 23.6 Å². The molecule has 1 atom stereocenters. The Morgan fingerprint density at radius 1 is 0.895 bits per heavy atom. The van der Waals surface area contributed by atoms with Gasteiger partial charge in [-0.2, -0.15) is 4.39 Å². The van der Waals surface area contributed by atoms with E-state index in [1.54, 1.807) is 13.2 Å². The summed E-state index contributed by atoms with van der Waals surface area (Å²) in [6.07, 6.45) is 1.49. The fourth-order valence-corrected chi connectivity index (χ4v) is 7.97. The Bertz CT molecular complexity index is 1110. The van der Waals surface area contributed by atoms with Gasteiger partial charge in [0, 0.05) is 7.11 Å². The lowest BCUT2D eigenvalue weighted by Crippen LogP contribution is -2.66. The highest BCUT2D eigenvalue weighted by Gasteiger charge is 2.38. The largest absolute Gasteiger partial charge is 0.465 e. The molecule has 0 aromatic heterocycles. The van der Waals surface area contributed by atoms with Gasteiger partial charge in [-0.3, -0.25) is 0 Å². The Balaban J connectivity index is 2.17. The third-order valence-electron chi connectivity index (χ3n) is 6.00. The number of hydrogen-bond acceptors (Lipinski definition) is 4. The minimum Gasteiger partial charge on any atom is -0.465 e. The highest BCUT2D eigenvalue weighted by Crippen LogP contribution is 2.19. The molecule has 0 heterocycles. The van der Waals surface area contributed by atoms with Crippen LogP contribution in [-0.2, 0) is 18.9 Å². The predicted octanol–water partition coefficient (Wildman–Crippen LogP) is 4.50. The molecule has 6 heteroatoms. The van der Waals surface area contributed by atoms with Crippen LogP contribution in [0.1, 0.15) is 13.3 Å². The summed E-state index contributed by atoms with van der Waals surface area (Å²) in [6, 6.07) is 30.4. The number of ether oxygens (including phenoxy) is 4. The Kier molecular flexibility index (Phi) is 12.0. The van der Waals surface area contributed by atoms with Crippen LogP contribution in [0.25, 0.3) is 0 Å². The molecule has 3 aromatic rings. The van der Waals surface area contributed by atoms with Crippen LogP contribution < -0.4 is 15.6 Å². The molecule has 0 amide bonds. The number of benzene rings is 3. The number of rotatable bonds is 14. The van der Waals surface area contributed by atoms with E-state index in [1.165, 1.54) is 0 Å². The van der Waals surface area contributed by atoms with Gasteiger partial charge in [0.2, 0.25) is 13.9 Å². The first kappa shape index (κ1) is 29.1. The quantitative estimate of drug-likeness (QED) is 0.0585. The topological polar surface area (TPSA) is 36.9 Å². The van der Waals surface area contributed by atoms with Crippen LogP contribution in [0, 0.1) is 11.5 Å². The molecule has 0 aliphatic carbocycles. The fourth-order valence-electron chi connectivity index (χ4n) is 4.16. The summed E-state index contributed by atoms with van der Waals surface area (Å²) in [7, 11) is -1.36. The van der Waals surface area contributed by atoms with E-state index in [0.29, 0.717) is 19.6 Å². The van der Waals surface area contributed by atoms with Crippen LogP contribution >= 0.6 is 0 Å². The maximum Gasteiger partial charge on any atom is 0.230 e. The van der Waals surface area contributed by atoms with E-state index < -0.39 is 20.0 Å². The molecule has 0 radical (unpaired) electrons. The van der Waals surface area contributed by atoms with Gasteiger partial charge in [0.15, 0.2) is 12.6 Å². The van der Waals surface area contributed by atoms with E-state index >= 15 is 4.39 Å². The minimum absolute atomic E-state index is 0.0244. The van der Waals surface area contributed by atoms with Crippen molar-refractivity contribution in [2.24, 2.45) is 0 Å². The molecule has 38 heavy (non-hydrogen) atoms. The van der Waals surface area contributed by atoms with Gasteiger partial charge in [0.05, 0.1) is 19.8 Å². The average molecular weight is 531 g/mol. The van der Waals surface area contributed by atoms with Crippen molar-refractivity contribution in [3.8, 4) is 11.5 Å². The average Bonchev–Trinajstić information content (AvgIpc) is 2.98. The molecule has 0 fully saturated rings. The lowest BCUT2D eigenvalue weighted by molar-refractivity contribution is -0.0639. The number of allylic oxidation sites excluding steroid dienone is 1. The predicted molar refractivity (Wildman–Crippen MR) is 154 cm³/mol. The van der Waals surface area contributed by atoms with Crippen LogP contribution in [0.5, 0.6) is 0 Å². The van der Waals surface area contributed by atoms with Gasteiger partial charge in [-0.25, -0.2) is 0 Å². The van der Waals surface area contributed by atoms with Crippen molar-refractivity contribution < 1.29 is 23.3 Å². The SMILES string of the molecule is C=CCOC(CC)/C(OCOCCOC)=C(\F)C#C[Si](c1ccccc1)(c1ccccc1)c1ccccc1. The maximum atomic E-state index is 16.0. The molecule has 4 nitrogen and oxygen atoms in total. The van der Waals surface area contributed by atoms with Crippen molar-refractivity contribution in [3.63, 3.8) is 0 Å². The van der Waals surface area contributed by atoms with Crippen LogP contribution in [-0.4, -0.2) is 47.9 Å². The lowest BCUT2D eigenvalue weighted by Gasteiger charge is -2.28. The summed E-state index contributed by atoms with van der Waals surface area (Å²) in [5.41, 5.74) is 3.45. The van der Waals surface area contributed by atoms with Gasteiger partial charge in [0.25, 0.3) is 0 Å². The molecule has 0 N–H and O–H groups in total. The summed E-state index contributed by atoms with van der Waals surface area (Å²) < 4.78 is 38.0. The van der Waals surface area contributed by atoms with Gasteiger partial charge >= 0.3 is 0 Å². The van der Waals surface area contributed by atoms with Crippen molar-refractivity contribution in [2.75, 3.05) is 33.7 Å². The number of hydrogen-bond donors (Lipinski definition) is 0. The van der Waals surface area contributed by atoms with E-state index in [4.69, 9.17) is 18.9 Å². The third-order valence-corrected chi connectivity index (χ3v) is 10.1. The van der Waals surface area contributed by atoms with Crippen LogP contribution in [0.2, 0.25) is 0 Å². The smallest absolute Gasteiger partial charge is 0.230 e. The van der Waals surface area contributed by atoms with E-state index in [-0.39, 0.29) is 19.2 Å². The third kappa shape index (κ3) is 7.53. The van der Waals surface area contributed by atoms with E-state index in [9.17, 15) is 0 Å². The van der Waals surface area contributed by atoms with Gasteiger partial charge < -0.3 is 18.9 Å². The second kappa shape index (κ2) is 15.7. The zero-order valence-corrected chi connectivity index (χ0v) is 23.1. The molecular formula is C32H35FO4Si. The van der Waals surface area contributed by atoms with Crippen LogP contribution in [0.4, 0.5) is 4.39 Å². The summed E-state index contributed by atoms with van der Waals surface area (Å²) in [5, 5.41) is 3.20. The molecule has 0 aliphatic rings. The van der Waals surface area contributed by atoms with Crippen molar-refractivity contribution in [3.05, 3.63) is 115 Å². The second-order valence-corrected chi connectivity index (χ2v) is 11.9. The Morgan fingerprint density at radius 3 is 1.87 bits per heavy atom. The molecule has 0 saturated carbocycles. The van der Waals surface area contributed by atoms with Crippen molar-refractivity contribution in [1.82, 2.24) is 0 Å². The molecule has 0 aliphatic heterocycles. The highest BCUT2D eigenvalue weighted by atomic mass is 28.3. The van der Waals surface area contributed by atoms with Gasteiger partial charge in [-0.15, -0.1) is 12.1 Å². The molecule has 0 spiro atoms. The molecule has 0 saturated heterocycles. The summed E-state index contributed by atoms with van der Waals surface area (Å²) in [4.78, 5) is 0. The van der Waals surface area contributed by atoms with Crippen molar-refractivity contribution in [1.29, 1.82) is 0 Å². The second-order valence-electron chi connectivity index (χ2n) is 8.46. The van der Waals surface area contributed by atoms with Crippen molar-refractivity contribution in [2.45, 2.75) is 19.4 Å². The van der Waals surface area contributed by atoms with E-state index in [0.717, 1.165) is 15.6 Å². The summed E-state index contributed by atoms with van der Waals surface area (Å²) >= 11 is 0. The van der Waals surface area contributed by atoms with Gasteiger partial charge in [-0.05, 0) is 27.9 Å². The zero-order chi connectivity index (χ0) is 27.1. The molecular weight excluding hydrogens is 495 g/mol. The first-order valence-corrected chi connectivity index (χ1v) is 14.7. The normalized spacial score (nSPS) is 12.6. The molecule has 3 rings (SSSR count). The van der Waals surface area contributed by atoms with Gasteiger partial charge in [0.1, 0.15) is 6.10 Å².